The van der Waals surface area contributed by atoms with Gasteiger partial charge in [0.15, 0.2) is 5.60 Å². The summed E-state index contributed by atoms with van der Waals surface area (Å²) < 4.78 is 11.1. The molecule has 1 aromatic rings. The van der Waals surface area contributed by atoms with Gasteiger partial charge in [-0.3, -0.25) is 4.79 Å². The second-order valence-electron chi connectivity index (χ2n) is 6.84. The van der Waals surface area contributed by atoms with E-state index in [4.69, 9.17) is 9.47 Å². The van der Waals surface area contributed by atoms with E-state index >= 15 is 0 Å². The Bertz CT molecular complexity index is 623. The van der Waals surface area contributed by atoms with Gasteiger partial charge >= 0.3 is 5.97 Å². The minimum Gasteiger partial charge on any atom is -0.477 e. The molecule has 0 spiro atoms. The van der Waals surface area contributed by atoms with Crippen molar-refractivity contribution < 1.29 is 19.1 Å². The van der Waals surface area contributed by atoms with Crippen molar-refractivity contribution in [1.29, 1.82) is 0 Å². The number of hydrogen-bond donors (Lipinski definition) is 1. The fourth-order valence-corrected chi connectivity index (χ4v) is 3.67. The minimum absolute atomic E-state index is 0.0949. The summed E-state index contributed by atoms with van der Waals surface area (Å²) in [5.41, 5.74) is 0.222. The molecular formula is C19H26N2O4. The molecule has 0 radical (unpaired) electrons. The van der Waals surface area contributed by atoms with Crippen molar-refractivity contribution in [3.63, 3.8) is 0 Å². The van der Waals surface area contributed by atoms with Crippen LogP contribution in [0.3, 0.4) is 0 Å². The molecule has 1 amide bonds. The summed E-state index contributed by atoms with van der Waals surface area (Å²) >= 11 is 0. The lowest BCUT2D eigenvalue weighted by atomic mass is 9.90. The lowest BCUT2D eigenvalue weighted by Crippen LogP contribution is -2.59. The van der Waals surface area contributed by atoms with Crippen molar-refractivity contribution in [1.82, 2.24) is 10.2 Å². The molecule has 1 aromatic carbocycles. The third-order valence-corrected chi connectivity index (χ3v) is 5.12. The number of nitrogens with one attached hydrogen (secondary N) is 1. The number of ether oxygens (including phenoxy) is 2. The van der Waals surface area contributed by atoms with Gasteiger partial charge in [0, 0.05) is 19.4 Å². The summed E-state index contributed by atoms with van der Waals surface area (Å²) in [6, 6.07) is 7.25. The van der Waals surface area contributed by atoms with E-state index in [0.717, 1.165) is 12.0 Å². The molecule has 6 nitrogen and oxygen atoms in total. The molecule has 1 atom stereocenters. The Morgan fingerprint density at radius 3 is 2.52 bits per heavy atom. The van der Waals surface area contributed by atoms with E-state index in [9.17, 15) is 9.59 Å². The van der Waals surface area contributed by atoms with Crippen LogP contribution in [0.5, 0.6) is 5.75 Å². The Hall–Kier alpha value is -2.08. The van der Waals surface area contributed by atoms with E-state index in [1.54, 1.807) is 4.90 Å². The number of likely N-dealkylation sites (tertiary alicyclic amines) is 1. The molecule has 1 unspecified atom stereocenters. The molecule has 0 aromatic heterocycles. The molecule has 1 N–H and O–H groups in total. The van der Waals surface area contributed by atoms with Gasteiger partial charge in [-0.15, -0.1) is 0 Å². The number of benzene rings is 1. The van der Waals surface area contributed by atoms with Gasteiger partial charge in [-0.05, 0) is 45.0 Å². The maximum absolute atomic E-state index is 13.4. The van der Waals surface area contributed by atoms with Crippen LogP contribution < -0.4 is 10.1 Å². The highest BCUT2D eigenvalue weighted by molar-refractivity contribution is 5.90. The molecule has 6 heteroatoms. The molecule has 0 aliphatic carbocycles. The second-order valence-corrected chi connectivity index (χ2v) is 6.84. The summed E-state index contributed by atoms with van der Waals surface area (Å²) in [6.45, 7) is 4.02. The number of esters is 1. The van der Waals surface area contributed by atoms with Gasteiger partial charge in [-0.1, -0.05) is 17.7 Å². The van der Waals surface area contributed by atoms with Crippen LogP contribution in [-0.4, -0.2) is 55.2 Å². The molecule has 136 valence electrons. The van der Waals surface area contributed by atoms with E-state index in [1.807, 2.05) is 31.2 Å². The summed E-state index contributed by atoms with van der Waals surface area (Å²) in [4.78, 5) is 27.1. The molecule has 2 fully saturated rings. The van der Waals surface area contributed by atoms with Crippen LogP contribution in [0.2, 0.25) is 0 Å². The molecule has 0 saturated carbocycles. The van der Waals surface area contributed by atoms with E-state index < -0.39 is 11.6 Å². The first kappa shape index (κ1) is 17.7. The minimum atomic E-state index is -0.920. The number of amides is 1. The zero-order valence-electron chi connectivity index (χ0n) is 14.9. The lowest BCUT2D eigenvalue weighted by molar-refractivity contribution is -0.159. The van der Waals surface area contributed by atoms with Crippen LogP contribution in [0.25, 0.3) is 0 Å². The van der Waals surface area contributed by atoms with Gasteiger partial charge in [0.25, 0.3) is 5.91 Å². The molecule has 2 aliphatic rings. The largest absolute Gasteiger partial charge is 0.477 e. The fourth-order valence-electron chi connectivity index (χ4n) is 3.67. The molecule has 2 aliphatic heterocycles. The van der Waals surface area contributed by atoms with Gasteiger partial charge in [-0.2, -0.15) is 0 Å². The van der Waals surface area contributed by atoms with E-state index in [2.05, 4.69) is 5.32 Å². The van der Waals surface area contributed by atoms with Crippen molar-refractivity contribution in [2.75, 3.05) is 26.7 Å². The Morgan fingerprint density at radius 1 is 1.20 bits per heavy atom. The Balaban J connectivity index is 1.85. The van der Waals surface area contributed by atoms with Gasteiger partial charge in [0.1, 0.15) is 11.8 Å². The Morgan fingerprint density at radius 2 is 1.88 bits per heavy atom. The van der Waals surface area contributed by atoms with E-state index in [0.29, 0.717) is 44.6 Å². The highest BCUT2D eigenvalue weighted by Crippen LogP contribution is 2.32. The van der Waals surface area contributed by atoms with Crippen molar-refractivity contribution in [3.8, 4) is 5.75 Å². The van der Waals surface area contributed by atoms with Crippen LogP contribution in [-0.2, 0) is 14.3 Å². The zero-order valence-corrected chi connectivity index (χ0v) is 14.9. The van der Waals surface area contributed by atoms with Crippen LogP contribution in [0.4, 0.5) is 0 Å². The number of hydrogen-bond acceptors (Lipinski definition) is 5. The SMILES string of the molecule is COC(=O)C1CCCN1C(=O)C1(Oc2ccc(C)cc2)CCNCC1. The maximum atomic E-state index is 13.4. The van der Waals surface area contributed by atoms with Crippen LogP contribution in [0.1, 0.15) is 31.2 Å². The predicted molar refractivity (Wildman–Crippen MR) is 93.4 cm³/mol. The van der Waals surface area contributed by atoms with Gasteiger partial charge in [0.05, 0.1) is 7.11 Å². The molecule has 25 heavy (non-hydrogen) atoms. The number of aryl methyl sites for hydroxylation is 1. The topological polar surface area (TPSA) is 67.9 Å². The van der Waals surface area contributed by atoms with E-state index in [-0.39, 0.29) is 11.9 Å². The first-order valence-corrected chi connectivity index (χ1v) is 8.91. The average molecular weight is 346 g/mol. The second kappa shape index (κ2) is 7.44. The highest BCUT2D eigenvalue weighted by atomic mass is 16.5. The smallest absolute Gasteiger partial charge is 0.328 e. The molecule has 2 heterocycles. The predicted octanol–water partition coefficient (Wildman–Crippen LogP) is 1.66. The number of carbonyl (C=O) groups is 2. The van der Waals surface area contributed by atoms with E-state index in [1.165, 1.54) is 7.11 Å². The molecule has 3 rings (SSSR count). The first-order valence-electron chi connectivity index (χ1n) is 8.91. The third-order valence-electron chi connectivity index (χ3n) is 5.12. The molecular weight excluding hydrogens is 320 g/mol. The maximum Gasteiger partial charge on any atom is 0.328 e. The number of piperidine rings is 1. The quantitative estimate of drug-likeness (QED) is 0.840. The summed E-state index contributed by atoms with van der Waals surface area (Å²) in [7, 11) is 1.37. The normalized spacial score (nSPS) is 22.5. The van der Waals surface area contributed by atoms with Crippen LogP contribution in [0, 0.1) is 6.92 Å². The average Bonchev–Trinajstić information content (AvgIpc) is 3.13. The fraction of sp³-hybridized carbons (Fsp3) is 0.579. The summed E-state index contributed by atoms with van der Waals surface area (Å²) in [5.74, 6) is 0.252. The van der Waals surface area contributed by atoms with Gasteiger partial charge < -0.3 is 19.7 Å². The summed E-state index contributed by atoms with van der Waals surface area (Å²) in [6.07, 6.45) is 2.63. The highest BCUT2D eigenvalue weighted by Gasteiger charge is 2.48. The number of nitrogens with zero attached hydrogens (tertiary/aromatic N) is 1. The van der Waals surface area contributed by atoms with Crippen LogP contribution >= 0.6 is 0 Å². The zero-order chi connectivity index (χ0) is 17.9. The van der Waals surface area contributed by atoms with Crippen molar-refractivity contribution in [2.45, 2.75) is 44.2 Å². The Labute approximate surface area is 148 Å². The number of carbonyl (C=O) groups excluding carboxylic acids is 2. The molecule has 0 bridgehead atoms. The lowest BCUT2D eigenvalue weighted by Gasteiger charge is -2.40. The van der Waals surface area contributed by atoms with Gasteiger partial charge in [-0.25, -0.2) is 4.79 Å². The first-order chi connectivity index (χ1) is 12.1. The summed E-state index contributed by atoms with van der Waals surface area (Å²) in [5, 5.41) is 3.28. The van der Waals surface area contributed by atoms with Crippen molar-refractivity contribution in [2.24, 2.45) is 0 Å². The van der Waals surface area contributed by atoms with Crippen molar-refractivity contribution in [3.05, 3.63) is 29.8 Å². The van der Waals surface area contributed by atoms with Gasteiger partial charge in [0.2, 0.25) is 0 Å². The monoisotopic (exact) mass is 346 g/mol. The standard InChI is InChI=1S/C19H26N2O4/c1-14-5-7-15(8-6-14)25-19(9-11-20-12-10-19)18(23)21-13-3-4-16(21)17(22)24-2/h5-8,16,20H,3-4,9-13H2,1-2H3. The Kier molecular flexibility index (Phi) is 5.27. The van der Waals surface area contributed by atoms with Crippen molar-refractivity contribution >= 4 is 11.9 Å². The van der Waals surface area contributed by atoms with Crippen LogP contribution in [0.15, 0.2) is 24.3 Å². The molecule has 2 saturated heterocycles. The third kappa shape index (κ3) is 3.63. The number of methoxy groups -OCH3 is 1. The number of rotatable bonds is 4.